The van der Waals surface area contributed by atoms with Gasteiger partial charge in [0.05, 0.1) is 20.3 Å². The molecule has 1 fully saturated rings. The molecule has 27 heavy (non-hydrogen) atoms. The van der Waals surface area contributed by atoms with Crippen molar-refractivity contribution in [2.75, 3.05) is 14.2 Å². The molecule has 2 aromatic rings. The Bertz CT molecular complexity index is 796. The minimum Gasteiger partial charge on any atom is -0.497 e. The Morgan fingerprint density at radius 2 is 1.59 bits per heavy atom. The number of benzene rings is 2. The number of hydrogen-bond acceptors (Lipinski definition) is 6. The van der Waals surface area contributed by atoms with Gasteiger partial charge in [-0.2, -0.15) is 0 Å². The zero-order valence-corrected chi connectivity index (χ0v) is 15.2. The molecule has 0 spiro atoms. The summed E-state index contributed by atoms with van der Waals surface area (Å²) in [6, 6.07) is 13.1. The number of aliphatic hydroxyl groups is 2. The highest BCUT2D eigenvalue weighted by Crippen LogP contribution is 2.28. The molecule has 0 heterocycles. The molecule has 3 N–H and O–H groups in total. The quantitative estimate of drug-likeness (QED) is 0.708. The third-order valence-corrected chi connectivity index (χ3v) is 4.61. The largest absolute Gasteiger partial charge is 0.497 e. The predicted molar refractivity (Wildman–Crippen MR) is 98.3 cm³/mol. The first-order valence-electron chi connectivity index (χ1n) is 8.63. The second-order valence-electron chi connectivity index (χ2n) is 6.36. The van der Waals surface area contributed by atoms with Gasteiger partial charge in [-0.3, -0.25) is 4.79 Å². The highest BCUT2D eigenvalue weighted by molar-refractivity contribution is 5.94. The predicted octanol–water partition coefficient (Wildman–Crippen LogP) is 1.38. The van der Waals surface area contributed by atoms with E-state index in [1.54, 1.807) is 55.6 Å². The van der Waals surface area contributed by atoms with Crippen molar-refractivity contribution in [1.29, 1.82) is 0 Å². The fourth-order valence-corrected chi connectivity index (χ4v) is 3.11. The molecule has 0 radical (unpaired) electrons. The van der Waals surface area contributed by atoms with E-state index in [0.29, 0.717) is 22.8 Å². The van der Waals surface area contributed by atoms with Crippen LogP contribution in [0.5, 0.6) is 17.2 Å². The Hall–Kier alpha value is -2.77. The lowest BCUT2D eigenvalue weighted by molar-refractivity contribution is -0.0135. The van der Waals surface area contributed by atoms with Gasteiger partial charge in [0.2, 0.25) is 0 Å². The van der Waals surface area contributed by atoms with Crippen molar-refractivity contribution >= 4 is 5.91 Å². The second-order valence-corrected chi connectivity index (χ2v) is 6.36. The molecule has 0 aromatic heterocycles. The Kier molecular flexibility index (Phi) is 5.83. The van der Waals surface area contributed by atoms with Crippen LogP contribution in [-0.2, 0) is 0 Å². The van der Waals surface area contributed by atoms with E-state index >= 15 is 0 Å². The van der Waals surface area contributed by atoms with Crippen LogP contribution in [0.4, 0.5) is 0 Å². The van der Waals surface area contributed by atoms with Crippen molar-refractivity contribution in [2.45, 2.75) is 30.8 Å². The average Bonchev–Trinajstić information content (AvgIpc) is 2.96. The van der Waals surface area contributed by atoms with Gasteiger partial charge in [0.15, 0.2) is 0 Å². The summed E-state index contributed by atoms with van der Waals surface area (Å²) in [6.07, 6.45) is -2.63. The summed E-state index contributed by atoms with van der Waals surface area (Å²) in [6.45, 7) is 0. The summed E-state index contributed by atoms with van der Waals surface area (Å²) in [5.74, 6) is 1.36. The van der Waals surface area contributed by atoms with Crippen LogP contribution < -0.4 is 19.5 Å². The van der Waals surface area contributed by atoms with Crippen molar-refractivity contribution in [3.05, 3.63) is 54.1 Å². The molecule has 144 valence electrons. The number of hydrogen-bond donors (Lipinski definition) is 3. The molecule has 0 bridgehead atoms. The van der Waals surface area contributed by atoms with Crippen LogP contribution in [-0.4, -0.2) is 54.7 Å². The fraction of sp³-hybridized carbons (Fsp3) is 0.350. The maximum atomic E-state index is 12.5. The van der Waals surface area contributed by atoms with Crippen LogP contribution in [0, 0.1) is 0 Å². The summed E-state index contributed by atoms with van der Waals surface area (Å²) in [5.41, 5.74) is 0.410. The van der Waals surface area contributed by atoms with Gasteiger partial charge in [-0.05, 0) is 30.3 Å². The second kappa shape index (κ2) is 8.28. The normalized spacial score (nSPS) is 24.3. The van der Waals surface area contributed by atoms with Crippen LogP contribution >= 0.6 is 0 Å². The minimum atomic E-state index is -1.13. The first kappa shape index (κ1) is 19.0. The summed E-state index contributed by atoms with van der Waals surface area (Å²) in [4.78, 5) is 12.5. The van der Waals surface area contributed by atoms with Gasteiger partial charge in [0, 0.05) is 18.1 Å². The molecule has 1 amide bonds. The molecular formula is C20H23NO6. The Balaban J connectivity index is 1.66. The number of nitrogens with one attached hydrogen (secondary N) is 1. The van der Waals surface area contributed by atoms with Gasteiger partial charge in [-0.25, -0.2) is 0 Å². The molecule has 0 saturated heterocycles. The maximum absolute atomic E-state index is 12.5. The van der Waals surface area contributed by atoms with E-state index in [1.165, 1.54) is 7.11 Å². The van der Waals surface area contributed by atoms with E-state index in [2.05, 4.69) is 5.32 Å². The first-order valence-corrected chi connectivity index (χ1v) is 8.63. The Morgan fingerprint density at radius 3 is 2.30 bits per heavy atom. The molecule has 1 aliphatic rings. The van der Waals surface area contributed by atoms with Crippen LogP contribution in [0.2, 0.25) is 0 Å². The van der Waals surface area contributed by atoms with E-state index in [1.807, 2.05) is 0 Å². The van der Waals surface area contributed by atoms with Gasteiger partial charge >= 0.3 is 0 Å². The van der Waals surface area contributed by atoms with Gasteiger partial charge in [-0.1, -0.05) is 12.1 Å². The van der Waals surface area contributed by atoms with Crippen LogP contribution in [0.25, 0.3) is 0 Å². The lowest BCUT2D eigenvalue weighted by atomic mass is 10.1. The Morgan fingerprint density at radius 1 is 0.963 bits per heavy atom. The van der Waals surface area contributed by atoms with Crippen molar-refractivity contribution in [3.63, 3.8) is 0 Å². The summed E-state index contributed by atoms with van der Waals surface area (Å²) in [7, 11) is 3.08. The molecule has 0 unspecified atom stereocenters. The standard InChI is InChI=1S/C20H23NO6/c1-25-13-6-3-5-12(9-13)20(24)21-16-11-17(19(23)18(16)22)27-15-8-4-7-14(10-15)26-2/h3-10,16-19,22-23H,11H2,1-2H3,(H,21,24)/t16-,17-,18+,19+/m1/s1. The highest BCUT2D eigenvalue weighted by Gasteiger charge is 2.43. The molecule has 2 aromatic carbocycles. The van der Waals surface area contributed by atoms with E-state index in [9.17, 15) is 15.0 Å². The first-order chi connectivity index (χ1) is 13.0. The summed E-state index contributed by atoms with van der Waals surface area (Å²) in [5, 5.41) is 23.4. The zero-order valence-electron chi connectivity index (χ0n) is 15.2. The number of methoxy groups -OCH3 is 2. The molecule has 0 aliphatic heterocycles. The van der Waals surface area contributed by atoms with E-state index in [0.717, 1.165) is 0 Å². The molecule has 7 heteroatoms. The smallest absolute Gasteiger partial charge is 0.251 e. The number of carbonyl (C=O) groups excluding carboxylic acids is 1. The van der Waals surface area contributed by atoms with Crippen molar-refractivity contribution in [3.8, 4) is 17.2 Å². The third-order valence-electron chi connectivity index (χ3n) is 4.61. The molecule has 1 saturated carbocycles. The molecule has 4 atom stereocenters. The average molecular weight is 373 g/mol. The monoisotopic (exact) mass is 373 g/mol. The van der Waals surface area contributed by atoms with E-state index < -0.39 is 24.4 Å². The highest BCUT2D eigenvalue weighted by atomic mass is 16.5. The van der Waals surface area contributed by atoms with Crippen LogP contribution in [0.1, 0.15) is 16.8 Å². The van der Waals surface area contributed by atoms with Crippen LogP contribution in [0.3, 0.4) is 0 Å². The van der Waals surface area contributed by atoms with Gasteiger partial charge in [0.1, 0.15) is 35.6 Å². The van der Waals surface area contributed by atoms with E-state index in [-0.39, 0.29) is 12.3 Å². The fourth-order valence-electron chi connectivity index (χ4n) is 3.11. The zero-order chi connectivity index (χ0) is 19.4. The SMILES string of the molecule is COc1cccc(O[C@@H]2C[C@@H](NC(=O)c3cccc(OC)c3)[C@H](O)[C@H]2O)c1. The van der Waals surface area contributed by atoms with Gasteiger partial charge in [-0.15, -0.1) is 0 Å². The lowest BCUT2D eigenvalue weighted by Gasteiger charge is -2.18. The van der Waals surface area contributed by atoms with Crippen molar-refractivity contribution < 1.29 is 29.2 Å². The molecule has 1 aliphatic carbocycles. The Labute approximate surface area is 157 Å². The summed E-state index contributed by atoms with van der Waals surface area (Å²) < 4.78 is 16.1. The van der Waals surface area contributed by atoms with Gasteiger partial charge < -0.3 is 29.7 Å². The minimum absolute atomic E-state index is 0.273. The number of amides is 1. The topological polar surface area (TPSA) is 97.3 Å². The molecule has 3 rings (SSSR count). The molecular weight excluding hydrogens is 350 g/mol. The number of rotatable bonds is 6. The van der Waals surface area contributed by atoms with Crippen molar-refractivity contribution in [1.82, 2.24) is 5.32 Å². The summed E-state index contributed by atoms with van der Waals surface area (Å²) >= 11 is 0. The number of carbonyl (C=O) groups is 1. The molecule has 7 nitrogen and oxygen atoms in total. The lowest BCUT2D eigenvalue weighted by Crippen LogP contribution is -2.43. The number of aliphatic hydroxyl groups excluding tert-OH is 2. The third kappa shape index (κ3) is 4.32. The maximum Gasteiger partial charge on any atom is 0.251 e. The van der Waals surface area contributed by atoms with E-state index in [4.69, 9.17) is 14.2 Å². The van der Waals surface area contributed by atoms with Crippen molar-refractivity contribution in [2.24, 2.45) is 0 Å². The van der Waals surface area contributed by atoms with Crippen LogP contribution in [0.15, 0.2) is 48.5 Å². The van der Waals surface area contributed by atoms with Gasteiger partial charge in [0.25, 0.3) is 5.91 Å². The number of ether oxygens (including phenoxy) is 3.